The molecule has 3 heteroatoms. The number of methoxy groups -OCH3 is 1. The Morgan fingerprint density at radius 1 is 0.818 bits per heavy atom. The van der Waals surface area contributed by atoms with E-state index in [4.69, 9.17) is 4.74 Å². The van der Waals surface area contributed by atoms with Crippen molar-refractivity contribution in [1.29, 1.82) is 0 Å². The molecule has 1 fully saturated rings. The van der Waals surface area contributed by atoms with Gasteiger partial charge >= 0.3 is 0 Å². The molecule has 0 bridgehead atoms. The van der Waals surface area contributed by atoms with Gasteiger partial charge in [-0.15, -0.1) is 0 Å². The van der Waals surface area contributed by atoms with E-state index >= 15 is 0 Å². The molecule has 2 aromatic rings. The number of hydrogen-bond acceptors (Lipinski definition) is 3. The molecule has 1 saturated heterocycles. The van der Waals surface area contributed by atoms with Crippen molar-refractivity contribution in [2.75, 3.05) is 40.3 Å². The van der Waals surface area contributed by atoms with Gasteiger partial charge in [0.15, 0.2) is 0 Å². The van der Waals surface area contributed by atoms with E-state index in [1.54, 1.807) is 7.11 Å². The first kappa shape index (κ1) is 15.1. The predicted molar refractivity (Wildman–Crippen MR) is 90.3 cm³/mol. The third-order valence-corrected chi connectivity index (χ3v) is 4.45. The van der Waals surface area contributed by atoms with Crippen molar-refractivity contribution in [3.63, 3.8) is 0 Å². The quantitative estimate of drug-likeness (QED) is 0.862. The molecule has 1 heterocycles. The van der Waals surface area contributed by atoms with Crippen LogP contribution >= 0.6 is 0 Å². The average Bonchev–Trinajstić information content (AvgIpc) is 2.58. The lowest BCUT2D eigenvalue weighted by Gasteiger charge is -2.38. The molecule has 1 atom stereocenters. The summed E-state index contributed by atoms with van der Waals surface area (Å²) < 4.78 is 5.29. The highest BCUT2D eigenvalue weighted by molar-refractivity contribution is 5.35. The topological polar surface area (TPSA) is 15.7 Å². The molecule has 1 aliphatic rings. The normalized spacial score (nSPS) is 18.1. The Hall–Kier alpha value is -1.84. The number of hydrogen-bond donors (Lipinski definition) is 0. The second-order valence-corrected chi connectivity index (χ2v) is 5.93. The van der Waals surface area contributed by atoms with Crippen molar-refractivity contribution in [3.8, 4) is 5.75 Å². The van der Waals surface area contributed by atoms with Crippen LogP contribution in [0.25, 0.3) is 0 Å². The molecular formula is C19H24N2O. The Morgan fingerprint density at radius 3 is 2.00 bits per heavy atom. The van der Waals surface area contributed by atoms with Crippen LogP contribution in [0.2, 0.25) is 0 Å². The van der Waals surface area contributed by atoms with E-state index in [1.807, 2.05) is 0 Å². The van der Waals surface area contributed by atoms with E-state index in [-0.39, 0.29) is 0 Å². The molecule has 0 aliphatic carbocycles. The summed E-state index contributed by atoms with van der Waals surface area (Å²) in [6.45, 7) is 4.45. The summed E-state index contributed by atoms with van der Waals surface area (Å²) in [5, 5.41) is 0. The van der Waals surface area contributed by atoms with Crippen LogP contribution in [0.4, 0.5) is 0 Å². The minimum Gasteiger partial charge on any atom is -0.497 e. The van der Waals surface area contributed by atoms with Gasteiger partial charge in [0, 0.05) is 26.2 Å². The molecule has 116 valence electrons. The first-order valence-electron chi connectivity index (χ1n) is 7.89. The summed E-state index contributed by atoms with van der Waals surface area (Å²) in [5.41, 5.74) is 2.69. The van der Waals surface area contributed by atoms with Gasteiger partial charge in [0.25, 0.3) is 0 Å². The Labute approximate surface area is 133 Å². The third kappa shape index (κ3) is 3.32. The van der Waals surface area contributed by atoms with E-state index in [9.17, 15) is 0 Å². The maximum atomic E-state index is 5.29. The fourth-order valence-corrected chi connectivity index (χ4v) is 3.12. The van der Waals surface area contributed by atoms with Crippen LogP contribution in [0.15, 0.2) is 54.6 Å². The molecule has 22 heavy (non-hydrogen) atoms. The fraction of sp³-hybridized carbons (Fsp3) is 0.368. The zero-order valence-corrected chi connectivity index (χ0v) is 13.4. The molecule has 0 radical (unpaired) electrons. The van der Waals surface area contributed by atoms with Gasteiger partial charge < -0.3 is 9.64 Å². The van der Waals surface area contributed by atoms with Crippen molar-refractivity contribution >= 4 is 0 Å². The lowest BCUT2D eigenvalue weighted by atomic mass is 9.96. The fourth-order valence-electron chi connectivity index (χ4n) is 3.12. The lowest BCUT2D eigenvalue weighted by Crippen LogP contribution is -2.46. The molecular weight excluding hydrogens is 272 g/mol. The monoisotopic (exact) mass is 296 g/mol. The van der Waals surface area contributed by atoms with Crippen LogP contribution < -0.4 is 4.74 Å². The minimum atomic E-state index is 0.320. The summed E-state index contributed by atoms with van der Waals surface area (Å²) in [5.74, 6) is 0.911. The summed E-state index contributed by atoms with van der Waals surface area (Å²) in [4.78, 5) is 4.98. The van der Waals surface area contributed by atoms with E-state index < -0.39 is 0 Å². The highest BCUT2D eigenvalue weighted by atomic mass is 16.5. The van der Waals surface area contributed by atoms with Gasteiger partial charge in [0.05, 0.1) is 13.2 Å². The standard InChI is InChI=1S/C19H24N2O/c1-20-12-14-21(15-13-20)19(16-6-4-3-5-7-16)17-8-10-18(22-2)11-9-17/h3-11,19H,12-15H2,1-2H3. The second-order valence-electron chi connectivity index (χ2n) is 5.93. The van der Waals surface area contributed by atoms with Crippen molar-refractivity contribution in [2.45, 2.75) is 6.04 Å². The number of piperazine rings is 1. The Balaban J connectivity index is 1.91. The third-order valence-electron chi connectivity index (χ3n) is 4.45. The van der Waals surface area contributed by atoms with Gasteiger partial charge in [-0.2, -0.15) is 0 Å². The Bertz CT molecular complexity index is 574. The Morgan fingerprint density at radius 2 is 1.41 bits per heavy atom. The van der Waals surface area contributed by atoms with Crippen molar-refractivity contribution < 1.29 is 4.74 Å². The van der Waals surface area contributed by atoms with Gasteiger partial charge in [-0.05, 0) is 30.3 Å². The first-order valence-corrected chi connectivity index (χ1v) is 7.89. The van der Waals surface area contributed by atoms with Crippen molar-refractivity contribution in [3.05, 3.63) is 65.7 Å². The molecule has 0 aromatic heterocycles. The molecule has 0 spiro atoms. The summed E-state index contributed by atoms with van der Waals surface area (Å²) in [6.07, 6.45) is 0. The van der Waals surface area contributed by atoms with Crippen molar-refractivity contribution in [2.24, 2.45) is 0 Å². The highest BCUT2D eigenvalue weighted by Gasteiger charge is 2.25. The molecule has 0 saturated carbocycles. The molecule has 3 rings (SSSR count). The number of benzene rings is 2. The first-order chi connectivity index (χ1) is 10.8. The van der Waals surface area contributed by atoms with Gasteiger partial charge in [-0.3, -0.25) is 4.90 Å². The maximum Gasteiger partial charge on any atom is 0.118 e. The van der Waals surface area contributed by atoms with E-state index in [0.717, 1.165) is 31.9 Å². The summed E-state index contributed by atoms with van der Waals surface area (Å²) >= 11 is 0. The summed E-state index contributed by atoms with van der Waals surface area (Å²) in [7, 11) is 3.91. The molecule has 2 aromatic carbocycles. The van der Waals surface area contributed by atoms with E-state index in [0.29, 0.717) is 6.04 Å². The van der Waals surface area contributed by atoms with Gasteiger partial charge in [-0.25, -0.2) is 0 Å². The van der Waals surface area contributed by atoms with Gasteiger partial charge in [-0.1, -0.05) is 42.5 Å². The minimum absolute atomic E-state index is 0.320. The van der Waals surface area contributed by atoms with Crippen molar-refractivity contribution in [1.82, 2.24) is 9.80 Å². The predicted octanol–water partition coefficient (Wildman–Crippen LogP) is 3.03. The molecule has 1 unspecified atom stereocenters. The summed E-state index contributed by atoms with van der Waals surface area (Å²) in [6, 6.07) is 19.6. The van der Waals surface area contributed by atoms with Crippen LogP contribution in [0.1, 0.15) is 17.2 Å². The SMILES string of the molecule is COc1ccc(C(c2ccccc2)N2CCN(C)CC2)cc1. The number of ether oxygens (including phenoxy) is 1. The van der Waals surface area contributed by atoms with Crippen LogP contribution in [0.5, 0.6) is 5.75 Å². The Kier molecular flexibility index (Phi) is 4.76. The highest BCUT2D eigenvalue weighted by Crippen LogP contribution is 2.30. The van der Waals surface area contributed by atoms with Gasteiger partial charge in [0.2, 0.25) is 0 Å². The molecule has 0 N–H and O–H groups in total. The van der Waals surface area contributed by atoms with Gasteiger partial charge in [0.1, 0.15) is 5.75 Å². The van der Waals surface area contributed by atoms with Crippen LogP contribution in [0, 0.1) is 0 Å². The lowest BCUT2D eigenvalue weighted by molar-refractivity contribution is 0.127. The molecule has 3 nitrogen and oxygen atoms in total. The average molecular weight is 296 g/mol. The zero-order chi connectivity index (χ0) is 15.4. The van der Waals surface area contributed by atoms with Crippen LogP contribution in [-0.2, 0) is 0 Å². The van der Waals surface area contributed by atoms with Crippen LogP contribution in [-0.4, -0.2) is 50.1 Å². The number of likely N-dealkylation sites (N-methyl/N-ethyl adjacent to an activating group) is 1. The number of rotatable bonds is 4. The largest absolute Gasteiger partial charge is 0.497 e. The van der Waals surface area contributed by atoms with E-state index in [1.165, 1.54) is 11.1 Å². The second kappa shape index (κ2) is 6.95. The zero-order valence-electron chi connectivity index (χ0n) is 13.4. The van der Waals surface area contributed by atoms with E-state index in [2.05, 4.69) is 71.4 Å². The smallest absolute Gasteiger partial charge is 0.118 e. The maximum absolute atomic E-state index is 5.29. The number of nitrogens with zero attached hydrogens (tertiary/aromatic N) is 2. The van der Waals surface area contributed by atoms with Crippen LogP contribution in [0.3, 0.4) is 0 Å². The molecule has 1 aliphatic heterocycles. The molecule has 0 amide bonds.